The van der Waals surface area contributed by atoms with Crippen LogP contribution < -0.4 is 15.0 Å². The van der Waals surface area contributed by atoms with Crippen molar-refractivity contribution in [2.75, 3.05) is 51.3 Å². The minimum atomic E-state index is 0.308. The Balaban J connectivity index is 1.63. The highest BCUT2D eigenvalue weighted by atomic mass is 32.1. The first-order valence-electron chi connectivity index (χ1n) is 9.67. The molecule has 1 aliphatic heterocycles. The number of piperazine rings is 1. The lowest BCUT2D eigenvalue weighted by atomic mass is 10.0. The standard InChI is InChI=1S/C21H30N4OS/c1-4-22-21(23-16-17(2)18-8-5-6-9-19(18)26-3)25-13-11-24(12-14-25)20-10-7-15-27-20/h5-10,15,17H,4,11-14,16H2,1-3H3,(H,22,23). The van der Waals surface area contributed by atoms with Crippen molar-refractivity contribution in [1.82, 2.24) is 10.2 Å². The van der Waals surface area contributed by atoms with Crippen molar-refractivity contribution in [2.45, 2.75) is 19.8 Å². The number of nitrogens with one attached hydrogen (secondary N) is 1. The summed E-state index contributed by atoms with van der Waals surface area (Å²) >= 11 is 1.81. The van der Waals surface area contributed by atoms with E-state index >= 15 is 0 Å². The molecule has 5 nitrogen and oxygen atoms in total. The SMILES string of the molecule is CCNC(=NCC(C)c1ccccc1OC)N1CCN(c2cccs2)CC1. The van der Waals surface area contributed by atoms with Crippen LogP contribution in [0.25, 0.3) is 0 Å². The van der Waals surface area contributed by atoms with E-state index in [4.69, 9.17) is 9.73 Å². The number of rotatable bonds is 6. The molecule has 3 rings (SSSR count). The summed E-state index contributed by atoms with van der Waals surface area (Å²) in [5.41, 5.74) is 1.21. The van der Waals surface area contributed by atoms with E-state index in [1.165, 1.54) is 10.6 Å². The van der Waals surface area contributed by atoms with Gasteiger partial charge < -0.3 is 19.9 Å². The Morgan fingerprint density at radius 3 is 2.63 bits per heavy atom. The van der Waals surface area contributed by atoms with Crippen molar-refractivity contribution < 1.29 is 4.74 Å². The molecule has 1 aromatic carbocycles. The van der Waals surface area contributed by atoms with Crippen LogP contribution in [0.15, 0.2) is 46.8 Å². The number of aliphatic imine (C=N–C) groups is 1. The number of ether oxygens (including phenoxy) is 1. The van der Waals surface area contributed by atoms with Gasteiger partial charge in [0.15, 0.2) is 5.96 Å². The number of methoxy groups -OCH3 is 1. The Hall–Kier alpha value is -2.21. The minimum absolute atomic E-state index is 0.308. The molecule has 146 valence electrons. The summed E-state index contributed by atoms with van der Waals surface area (Å²) in [4.78, 5) is 9.77. The van der Waals surface area contributed by atoms with Crippen LogP contribution in [-0.4, -0.2) is 57.2 Å². The maximum atomic E-state index is 5.51. The summed E-state index contributed by atoms with van der Waals surface area (Å²) in [6.45, 7) is 10.0. The Labute approximate surface area is 166 Å². The Bertz CT molecular complexity index is 724. The lowest BCUT2D eigenvalue weighted by Gasteiger charge is -2.37. The third kappa shape index (κ3) is 4.95. The molecule has 1 saturated heterocycles. The van der Waals surface area contributed by atoms with Crippen LogP contribution >= 0.6 is 11.3 Å². The van der Waals surface area contributed by atoms with E-state index < -0.39 is 0 Å². The predicted octanol–water partition coefficient (Wildman–Crippen LogP) is 3.65. The van der Waals surface area contributed by atoms with E-state index in [1.54, 1.807) is 7.11 Å². The number of benzene rings is 1. The van der Waals surface area contributed by atoms with Crippen LogP contribution in [0.3, 0.4) is 0 Å². The van der Waals surface area contributed by atoms with Crippen LogP contribution in [0.4, 0.5) is 5.00 Å². The highest BCUT2D eigenvalue weighted by molar-refractivity contribution is 7.14. The topological polar surface area (TPSA) is 40.1 Å². The van der Waals surface area contributed by atoms with Gasteiger partial charge in [0.1, 0.15) is 5.75 Å². The molecule has 2 aromatic rings. The second-order valence-electron chi connectivity index (χ2n) is 6.76. The Morgan fingerprint density at radius 2 is 1.96 bits per heavy atom. The zero-order valence-corrected chi connectivity index (χ0v) is 17.3. The monoisotopic (exact) mass is 386 g/mol. The summed E-state index contributed by atoms with van der Waals surface area (Å²) in [5.74, 6) is 2.27. The highest BCUT2D eigenvalue weighted by Gasteiger charge is 2.20. The highest BCUT2D eigenvalue weighted by Crippen LogP contribution is 2.26. The summed E-state index contributed by atoms with van der Waals surface area (Å²) in [5, 5.41) is 6.97. The molecule has 0 saturated carbocycles. The van der Waals surface area contributed by atoms with E-state index in [0.29, 0.717) is 5.92 Å². The van der Waals surface area contributed by atoms with E-state index in [0.717, 1.165) is 51.0 Å². The van der Waals surface area contributed by atoms with Gasteiger partial charge in [0, 0.05) is 45.2 Å². The fourth-order valence-electron chi connectivity index (χ4n) is 3.41. The molecule has 1 fully saturated rings. The number of thiophene rings is 1. The zero-order chi connectivity index (χ0) is 19.1. The van der Waals surface area contributed by atoms with Crippen LogP contribution in [-0.2, 0) is 0 Å². The van der Waals surface area contributed by atoms with Crippen molar-refractivity contribution in [3.05, 3.63) is 47.3 Å². The maximum Gasteiger partial charge on any atom is 0.194 e. The summed E-state index contributed by atoms with van der Waals surface area (Å²) in [6, 6.07) is 12.5. The summed E-state index contributed by atoms with van der Waals surface area (Å²) in [6.07, 6.45) is 0. The molecule has 1 unspecified atom stereocenters. The summed E-state index contributed by atoms with van der Waals surface area (Å²) < 4.78 is 5.51. The van der Waals surface area contributed by atoms with Crippen LogP contribution in [0, 0.1) is 0 Å². The predicted molar refractivity (Wildman–Crippen MR) is 115 cm³/mol. The van der Waals surface area contributed by atoms with Gasteiger partial charge in [-0.1, -0.05) is 25.1 Å². The van der Waals surface area contributed by atoms with Crippen molar-refractivity contribution in [1.29, 1.82) is 0 Å². The Morgan fingerprint density at radius 1 is 1.19 bits per heavy atom. The van der Waals surface area contributed by atoms with Gasteiger partial charge in [0.25, 0.3) is 0 Å². The molecule has 0 bridgehead atoms. The van der Waals surface area contributed by atoms with E-state index in [-0.39, 0.29) is 0 Å². The average Bonchev–Trinajstić information content (AvgIpc) is 3.26. The zero-order valence-electron chi connectivity index (χ0n) is 16.5. The molecule has 0 aliphatic carbocycles. The fourth-order valence-corrected chi connectivity index (χ4v) is 4.19. The molecule has 0 radical (unpaired) electrons. The van der Waals surface area contributed by atoms with Crippen LogP contribution in [0.1, 0.15) is 25.3 Å². The molecule has 1 aliphatic rings. The lowest BCUT2D eigenvalue weighted by Crippen LogP contribution is -2.52. The number of nitrogens with zero attached hydrogens (tertiary/aromatic N) is 3. The number of anilines is 1. The van der Waals surface area contributed by atoms with E-state index in [1.807, 2.05) is 23.5 Å². The van der Waals surface area contributed by atoms with Gasteiger partial charge in [-0.05, 0) is 36.1 Å². The van der Waals surface area contributed by atoms with Gasteiger partial charge in [-0.2, -0.15) is 0 Å². The van der Waals surface area contributed by atoms with Crippen molar-refractivity contribution in [3.63, 3.8) is 0 Å². The molecular formula is C21H30N4OS. The normalized spacial score (nSPS) is 16.3. The lowest BCUT2D eigenvalue weighted by molar-refractivity contribution is 0.373. The number of hydrogen-bond acceptors (Lipinski definition) is 4. The molecule has 0 amide bonds. The molecule has 27 heavy (non-hydrogen) atoms. The maximum absolute atomic E-state index is 5.51. The first-order chi connectivity index (χ1) is 13.2. The molecule has 2 heterocycles. The molecule has 6 heteroatoms. The second-order valence-corrected chi connectivity index (χ2v) is 7.69. The number of hydrogen-bond donors (Lipinski definition) is 1. The van der Waals surface area contributed by atoms with Crippen molar-refractivity contribution in [3.8, 4) is 5.75 Å². The molecular weight excluding hydrogens is 356 g/mol. The van der Waals surface area contributed by atoms with Crippen molar-refractivity contribution in [2.24, 2.45) is 4.99 Å². The first kappa shape index (κ1) is 19.5. The van der Waals surface area contributed by atoms with E-state index in [2.05, 4.69) is 58.6 Å². The van der Waals surface area contributed by atoms with Crippen molar-refractivity contribution >= 4 is 22.3 Å². The second kappa shape index (κ2) is 9.65. The molecule has 1 aromatic heterocycles. The Kier molecular flexibility index (Phi) is 6.98. The molecule has 0 spiro atoms. The van der Waals surface area contributed by atoms with Gasteiger partial charge in [0.05, 0.1) is 12.1 Å². The van der Waals surface area contributed by atoms with Gasteiger partial charge in [0.2, 0.25) is 0 Å². The van der Waals surface area contributed by atoms with Crippen LogP contribution in [0.5, 0.6) is 5.75 Å². The van der Waals surface area contributed by atoms with Gasteiger partial charge in [-0.3, -0.25) is 4.99 Å². The van der Waals surface area contributed by atoms with Gasteiger partial charge in [-0.25, -0.2) is 0 Å². The molecule has 1 atom stereocenters. The first-order valence-corrected chi connectivity index (χ1v) is 10.6. The van der Waals surface area contributed by atoms with Gasteiger partial charge >= 0.3 is 0 Å². The third-order valence-electron chi connectivity index (χ3n) is 4.92. The van der Waals surface area contributed by atoms with Gasteiger partial charge in [-0.15, -0.1) is 11.3 Å². The van der Waals surface area contributed by atoms with Crippen LogP contribution in [0.2, 0.25) is 0 Å². The largest absolute Gasteiger partial charge is 0.496 e. The quantitative estimate of drug-likeness (QED) is 0.608. The average molecular weight is 387 g/mol. The minimum Gasteiger partial charge on any atom is -0.496 e. The fraction of sp³-hybridized carbons (Fsp3) is 0.476. The third-order valence-corrected chi connectivity index (χ3v) is 5.85. The smallest absolute Gasteiger partial charge is 0.194 e. The number of guanidine groups is 1. The summed E-state index contributed by atoms with van der Waals surface area (Å²) in [7, 11) is 1.73. The number of para-hydroxylation sites is 1. The van der Waals surface area contributed by atoms with E-state index in [9.17, 15) is 0 Å². The molecule has 1 N–H and O–H groups in total.